The standard InChI is InChI=1S/C12H13F4NO3/c13-11(14)12(15,16)5-17-4-8(18)7-1-2-9-10(3-7)20-6-19-9/h1-3,8,11,17-18H,4-6H2. The second-order valence-corrected chi connectivity index (χ2v) is 4.32. The molecule has 0 radical (unpaired) electrons. The molecule has 0 aromatic heterocycles. The molecule has 1 aliphatic heterocycles. The van der Waals surface area contributed by atoms with Gasteiger partial charge in [0.15, 0.2) is 11.5 Å². The molecule has 0 saturated heterocycles. The van der Waals surface area contributed by atoms with Crippen molar-refractivity contribution in [2.45, 2.75) is 18.5 Å². The van der Waals surface area contributed by atoms with Crippen molar-refractivity contribution in [2.75, 3.05) is 19.9 Å². The van der Waals surface area contributed by atoms with Crippen molar-refractivity contribution in [3.8, 4) is 11.5 Å². The van der Waals surface area contributed by atoms with Gasteiger partial charge in [0.05, 0.1) is 12.6 Å². The van der Waals surface area contributed by atoms with Crippen LogP contribution in [0.2, 0.25) is 0 Å². The van der Waals surface area contributed by atoms with E-state index < -0.39 is 25.0 Å². The minimum absolute atomic E-state index is 0.0771. The Morgan fingerprint density at radius 2 is 1.95 bits per heavy atom. The number of aliphatic hydroxyl groups excluding tert-OH is 1. The van der Waals surface area contributed by atoms with Crippen LogP contribution in [0.4, 0.5) is 17.6 Å². The highest BCUT2D eigenvalue weighted by atomic mass is 19.3. The fourth-order valence-electron chi connectivity index (χ4n) is 1.69. The largest absolute Gasteiger partial charge is 0.454 e. The summed E-state index contributed by atoms with van der Waals surface area (Å²) in [5.41, 5.74) is 0.419. The molecule has 0 spiro atoms. The number of hydrogen-bond acceptors (Lipinski definition) is 4. The number of hydrogen-bond donors (Lipinski definition) is 2. The van der Waals surface area contributed by atoms with Crippen molar-refractivity contribution < 1.29 is 32.1 Å². The molecule has 1 aliphatic rings. The second kappa shape index (κ2) is 5.84. The summed E-state index contributed by atoms with van der Waals surface area (Å²) in [6, 6.07) is 4.64. The molecule has 2 rings (SSSR count). The van der Waals surface area contributed by atoms with E-state index in [4.69, 9.17) is 9.47 Å². The molecule has 1 aromatic rings. The van der Waals surface area contributed by atoms with Gasteiger partial charge in [0.2, 0.25) is 6.79 Å². The second-order valence-electron chi connectivity index (χ2n) is 4.32. The third-order valence-corrected chi connectivity index (χ3v) is 2.80. The Balaban J connectivity index is 1.88. The smallest absolute Gasteiger partial charge is 0.319 e. The maximum atomic E-state index is 12.6. The Hall–Kier alpha value is -1.54. The van der Waals surface area contributed by atoms with E-state index in [0.717, 1.165) is 0 Å². The van der Waals surface area contributed by atoms with Crippen LogP contribution in [0.3, 0.4) is 0 Å². The maximum Gasteiger partial charge on any atom is 0.319 e. The Kier molecular flexibility index (Phi) is 4.34. The zero-order chi connectivity index (χ0) is 14.8. The van der Waals surface area contributed by atoms with Crippen LogP contribution in [-0.4, -0.2) is 37.3 Å². The maximum absolute atomic E-state index is 12.6. The number of nitrogens with one attached hydrogen (secondary N) is 1. The summed E-state index contributed by atoms with van der Waals surface area (Å²) in [6.07, 6.45) is -4.85. The van der Waals surface area contributed by atoms with E-state index in [0.29, 0.717) is 17.1 Å². The van der Waals surface area contributed by atoms with Crippen molar-refractivity contribution in [3.05, 3.63) is 23.8 Å². The highest BCUT2D eigenvalue weighted by Crippen LogP contribution is 2.34. The Morgan fingerprint density at radius 3 is 2.65 bits per heavy atom. The molecule has 1 heterocycles. The molecule has 8 heteroatoms. The molecule has 0 saturated carbocycles. The number of rotatable bonds is 6. The predicted molar refractivity (Wildman–Crippen MR) is 61.3 cm³/mol. The molecular formula is C12H13F4NO3. The third-order valence-electron chi connectivity index (χ3n) is 2.80. The zero-order valence-electron chi connectivity index (χ0n) is 10.3. The minimum Gasteiger partial charge on any atom is -0.454 e. The number of alkyl halides is 4. The number of halogens is 4. The minimum atomic E-state index is -4.12. The normalized spacial score (nSPS) is 15.7. The monoisotopic (exact) mass is 295 g/mol. The molecule has 112 valence electrons. The molecule has 1 aromatic carbocycles. The van der Waals surface area contributed by atoms with E-state index in [9.17, 15) is 22.7 Å². The van der Waals surface area contributed by atoms with E-state index in [-0.39, 0.29) is 13.3 Å². The van der Waals surface area contributed by atoms with Gasteiger partial charge in [-0.2, -0.15) is 8.78 Å². The van der Waals surface area contributed by atoms with Gasteiger partial charge in [-0.1, -0.05) is 6.07 Å². The van der Waals surface area contributed by atoms with E-state index in [1.54, 1.807) is 12.1 Å². The van der Waals surface area contributed by atoms with E-state index in [1.165, 1.54) is 6.07 Å². The highest BCUT2D eigenvalue weighted by molar-refractivity contribution is 5.45. The van der Waals surface area contributed by atoms with Crippen molar-refractivity contribution in [3.63, 3.8) is 0 Å². The fourth-order valence-corrected chi connectivity index (χ4v) is 1.69. The fraction of sp³-hybridized carbons (Fsp3) is 0.500. The van der Waals surface area contributed by atoms with E-state index in [1.807, 2.05) is 0 Å². The Morgan fingerprint density at radius 1 is 1.25 bits per heavy atom. The van der Waals surface area contributed by atoms with Crippen LogP contribution >= 0.6 is 0 Å². The van der Waals surface area contributed by atoms with Crippen molar-refractivity contribution in [1.82, 2.24) is 5.32 Å². The summed E-state index contributed by atoms with van der Waals surface area (Å²) >= 11 is 0. The average molecular weight is 295 g/mol. The molecule has 0 bridgehead atoms. The van der Waals surface area contributed by atoms with Crippen LogP contribution in [0.25, 0.3) is 0 Å². The quantitative estimate of drug-likeness (QED) is 0.788. The van der Waals surface area contributed by atoms with Crippen LogP contribution in [-0.2, 0) is 0 Å². The summed E-state index contributed by atoms with van der Waals surface area (Å²) in [7, 11) is 0. The lowest BCUT2D eigenvalue weighted by molar-refractivity contribution is -0.125. The van der Waals surface area contributed by atoms with Gasteiger partial charge >= 0.3 is 12.3 Å². The highest BCUT2D eigenvalue weighted by Gasteiger charge is 2.40. The molecule has 0 amide bonds. The lowest BCUT2D eigenvalue weighted by Gasteiger charge is -2.18. The van der Waals surface area contributed by atoms with Gasteiger partial charge in [-0.25, -0.2) is 8.78 Å². The van der Waals surface area contributed by atoms with Crippen molar-refractivity contribution >= 4 is 0 Å². The van der Waals surface area contributed by atoms with Crippen LogP contribution in [0, 0.1) is 0 Å². The third kappa shape index (κ3) is 3.31. The molecule has 1 unspecified atom stereocenters. The molecule has 2 N–H and O–H groups in total. The van der Waals surface area contributed by atoms with Gasteiger partial charge in [-0.3, -0.25) is 0 Å². The van der Waals surface area contributed by atoms with Gasteiger partial charge in [0.1, 0.15) is 0 Å². The van der Waals surface area contributed by atoms with Gasteiger partial charge in [-0.15, -0.1) is 0 Å². The number of benzene rings is 1. The first-order valence-corrected chi connectivity index (χ1v) is 5.84. The first kappa shape index (κ1) is 14.9. The SMILES string of the molecule is OC(CNCC(F)(F)C(F)F)c1ccc2c(c1)OCO2. The zero-order valence-corrected chi connectivity index (χ0v) is 10.3. The lowest BCUT2D eigenvalue weighted by Crippen LogP contribution is -2.40. The summed E-state index contributed by atoms with van der Waals surface area (Å²) in [5.74, 6) is -3.15. The van der Waals surface area contributed by atoms with Crippen LogP contribution in [0.5, 0.6) is 11.5 Å². The Bertz CT molecular complexity index is 470. The first-order valence-electron chi connectivity index (χ1n) is 5.84. The van der Waals surface area contributed by atoms with Crippen molar-refractivity contribution in [2.24, 2.45) is 0 Å². The summed E-state index contributed by atoms with van der Waals surface area (Å²) in [5, 5.41) is 11.9. The molecule has 0 fully saturated rings. The van der Waals surface area contributed by atoms with Gasteiger partial charge < -0.3 is 19.9 Å². The predicted octanol–water partition coefficient (Wildman–Crippen LogP) is 1.94. The molecule has 20 heavy (non-hydrogen) atoms. The van der Waals surface area contributed by atoms with Gasteiger partial charge in [-0.05, 0) is 17.7 Å². The van der Waals surface area contributed by atoms with Crippen LogP contribution < -0.4 is 14.8 Å². The van der Waals surface area contributed by atoms with E-state index in [2.05, 4.69) is 5.32 Å². The van der Waals surface area contributed by atoms with Crippen LogP contribution in [0.1, 0.15) is 11.7 Å². The molecule has 1 atom stereocenters. The first-order chi connectivity index (χ1) is 9.40. The van der Waals surface area contributed by atoms with Crippen molar-refractivity contribution in [1.29, 1.82) is 0 Å². The Labute approximate surface area is 112 Å². The van der Waals surface area contributed by atoms with E-state index >= 15 is 0 Å². The summed E-state index contributed by atoms with van der Waals surface area (Å²) in [4.78, 5) is 0. The molecular weight excluding hydrogens is 282 g/mol. The summed E-state index contributed by atoms with van der Waals surface area (Å²) in [6.45, 7) is -1.40. The number of fused-ring (bicyclic) bond motifs is 1. The molecule has 0 aliphatic carbocycles. The number of aliphatic hydroxyl groups is 1. The average Bonchev–Trinajstić information content (AvgIpc) is 2.85. The summed E-state index contributed by atoms with van der Waals surface area (Å²) < 4.78 is 59.3. The van der Waals surface area contributed by atoms with Gasteiger partial charge in [0.25, 0.3) is 0 Å². The topological polar surface area (TPSA) is 50.7 Å². The van der Waals surface area contributed by atoms with Gasteiger partial charge in [0, 0.05) is 6.54 Å². The molecule has 4 nitrogen and oxygen atoms in total. The lowest BCUT2D eigenvalue weighted by atomic mass is 10.1. The van der Waals surface area contributed by atoms with Crippen LogP contribution in [0.15, 0.2) is 18.2 Å². The number of ether oxygens (including phenoxy) is 2.